The number of aromatic nitrogens is 3. The molecule has 9 aromatic rings. The molecule has 0 radical (unpaired) electrons. The summed E-state index contributed by atoms with van der Waals surface area (Å²) in [5.74, 6) is -7.89. The Kier molecular flexibility index (Phi) is 47.8. The molecule has 3 saturated heterocycles. The summed E-state index contributed by atoms with van der Waals surface area (Å²) in [5.41, 5.74) is 11.0. The van der Waals surface area contributed by atoms with Crippen molar-refractivity contribution in [2.24, 2.45) is 11.5 Å². The van der Waals surface area contributed by atoms with Crippen molar-refractivity contribution >= 4 is 53.7 Å². The van der Waals surface area contributed by atoms with E-state index >= 15 is 0 Å². The number of hydrogen-bond acceptors (Lipinski definition) is 28. The average molecular weight is 1980 g/mol. The first kappa shape index (κ1) is 116. The van der Waals surface area contributed by atoms with E-state index in [1.165, 1.54) is 30.7 Å². The molecular weight excluding hydrogens is 1850 g/mol. The van der Waals surface area contributed by atoms with Crippen molar-refractivity contribution in [1.82, 2.24) is 28.4 Å². The van der Waals surface area contributed by atoms with Gasteiger partial charge in [0, 0.05) is 94.7 Å². The number of fused-ring (bicyclic) bond motifs is 8. The topological polar surface area (TPSA) is 474 Å². The fraction of sp³-hybridized carbons (Fsp3) is 0.438. The van der Waals surface area contributed by atoms with Crippen LogP contribution in [-0.2, 0) is 61.4 Å². The molecule has 4 bridgehead atoms. The maximum atomic E-state index is 13.3. The van der Waals surface area contributed by atoms with Crippen molar-refractivity contribution in [2.45, 2.75) is 221 Å². The fourth-order valence-corrected chi connectivity index (χ4v) is 16.2. The monoisotopic (exact) mass is 1980 g/mol. The van der Waals surface area contributed by atoms with Gasteiger partial charge in [-0.15, -0.1) is 0 Å². The second kappa shape index (κ2) is 58.7. The van der Waals surface area contributed by atoms with Gasteiger partial charge in [0.15, 0.2) is 34.3 Å². The number of likely N-dealkylation sites (tertiary alicyclic amines) is 1. The molecule has 5 aromatic carbocycles. The van der Waals surface area contributed by atoms with E-state index in [1.54, 1.807) is 82.1 Å². The van der Waals surface area contributed by atoms with Crippen molar-refractivity contribution in [1.29, 1.82) is 0 Å². The van der Waals surface area contributed by atoms with Gasteiger partial charge in [-0.3, -0.25) is 28.8 Å². The van der Waals surface area contributed by atoms with Crippen LogP contribution in [0.4, 0.5) is 13.6 Å². The number of esters is 5. The third-order valence-electron chi connectivity index (χ3n) is 23.0. The minimum atomic E-state index is -1.32. The van der Waals surface area contributed by atoms with Crippen LogP contribution < -0.4 is 71.0 Å². The molecule has 15 rings (SSSR count). The summed E-state index contributed by atoms with van der Waals surface area (Å²) < 4.78 is 88.5. The molecule has 143 heavy (non-hydrogen) atoms. The Hall–Kier alpha value is -13.6. The third-order valence-corrected chi connectivity index (χ3v) is 23.0. The summed E-state index contributed by atoms with van der Waals surface area (Å²) in [5, 5.41) is 17.0. The average Bonchev–Trinajstić information content (AvgIpc) is 1.72. The summed E-state index contributed by atoms with van der Waals surface area (Å²) in [6.45, 7) is 20.8. The van der Waals surface area contributed by atoms with Gasteiger partial charge in [0.05, 0.1) is 45.1 Å². The number of carboxylic acid groups (broad SMARTS) is 1. The molecule has 4 aromatic heterocycles. The van der Waals surface area contributed by atoms with Crippen LogP contribution in [0.5, 0.6) is 23.0 Å². The zero-order valence-electron chi connectivity index (χ0n) is 82.8. The number of aliphatic hydroxyl groups is 1. The molecule has 4 fully saturated rings. The number of carbonyl (C=O) groups excluding carboxylic acids is 8. The molecule has 3 amide bonds. The Morgan fingerprint density at radius 1 is 0.441 bits per heavy atom. The zero-order chi connectivity index (χ0) is 102. The zero-order valence-corrected chi connectivity index (χ0v) is 82.8. The maximum absolute atomic E-state index is 13.3. The predicted molar refractivity (Wildman–Crippen MR) is 520 cm³/mol. The van der Waals surface area contributed by atoms with Crippen molar-refractivity contribution in [3.8, 4) is 23.0 Å². The molecule has 3 unspecified atom stereocenters. The molecule has 1 aliphatic carbocycles. The van der Waals surface area contributed by atoms with E-state index in [0.717, 1.165) is 137 Å². The summed E-state index contributed by atoms with van der Waals surface area (Å²) in [6, 6.07) is 40.4. The van der Waals surface area contributed by atoms with Crippen LogP contribution in [0.15, 0.2) is 188 Å². The van der Waals surface area contributed by atoms with Crippen LogP contribution in [-0.4, -0.2) is 188 Å². The third kappa shape index (κ3) is 33.3. The van der Waals surface area contributed by atoms with E-state index < -0.39 is 80.5 Å². The van der Waals surface area contributed by atoms with E-state index in [1.807, 2.05) is 130 Å². The van der Waals surface area contributed by atoms with E-state index in [9.17, 15) is 76.2 Å². The van der Waals surface area contributed by atoms with E-state index in [0.29, 0.717) is 38.3 Å². The number of carboxylic acids is 1. The van der Waals surface area contributed by atoms with Crippen LogP contribution in [0.25, 0.3) is 0 Å². The van der Waals surface area contributed by atoms with Gasteiger partial charge in [0.2, 0.25) is 27.5 Å². The van der Waals surface area contributed by atoms with Crippen LogP contribution in [0.1, 0.15) is 288 Å². The SMILES string of the molecule is CC(C)(C)OC(=O)N1CCCCC(N)C1.CCO.CCOC(=O)c1cn(C2CCCCCC2)c(C(=O)OCC)c(OCc2ccccc2)c1=O.CCOC(=O)c1cn2c(c(OCc3ccccc3)c1=O)C(=O)N1CCCCC2C1.CCOC(=O)c1occ(C(=O)OCC)c(=O)c1OCc1ccccc1.NCc1ccc(F)cc1F.O=C(O)c1cn2c(c(OCc3ccccc3)c1=O)C(=O)N1CCCCC2C1.[Li+].[OH-]. The number of hydrogen-bond donors (Lipinski definition) is 4. The second-order valence-electron chi connectivity index (χ2n) is 34.4. The number of aliphatic hydroxyl groups excluding tert-OH is 1. The number of rotatable bonds is 25. The number of ether oxygens (including phenoxy) is 10. The first-order chi connectivity index (χ1) is 67.8. The number of pyridine rings is 3. The van der Waals surface area contributed by atoms with E-state index in [4.69, 9.17) is 68.4 Å². The van der Waals surface area contributed by atoms with Crippen molar-refractivity contribution in [3.63, 3.8) is 0 Å². The summed E-state index contributed by atoms with van der Waals surface area (Å²) in [7, 11) is 0. The smallest absolute Gasteiger partial charge is 0.870 e. The molecule has 7 N–H and O–H groups in total. The largest absolute Gasteiger partial charge is 1.00 e. The van der Waals surface area contributed by atoms with Crippen LogP contribution >= 0.6 is 0 Å². The minimum Gasteiger partial charge on any atom is -0.870 e. The van der Waals surface area contributed by atoms with Crippen LogP contribution in [0.3, 0.4) is 0 Å². The van der Waals surface area contributed by atoms with Crippen molar-refractivity contribution in [2.75, 3.05) is 78.9 Å². The minimum absolute atomic E-state index is 0. The Labute approximate surface area is 840 Å². The van der Waals surface area contributed by atoms with Crippen LogP contribution in [0.2, 0.25) is 0 Å². The summed E-state index contributed by atoms with van der Waals surface area (Å²) in [4.78, 5) is 168. The van der Waals surface area contributed by atoms with Crippen molar-refractivity contribution in [3.05, 3.63) is 290 Å². The van der Waals surface area contributed by atoms with Gasteiger partial charge >= 0.3 is 60.8 Å². The number of amides is 3. The standard InChI is InChI=1S/C25H31NO6.C22H24N2O5.C20H20N2O5.C18H18O7.C11H22N2O2.C7H7F2N.C2H6O.Li.H2O/c1-3-30-24(28)20-16-26(19-14-10-5-6-11-15-19)21(25(29)31-4-2)23(22(20)27)32-17-18-12-8-7-9-13-18;1-2-28-22(27)17-13-24-16-10-6-7-11-23(12-16)21(26)18(24)20(19(17)25)29-14-15-8-4-3-5-9-15;23-17-15(20(25)26)11-22-14-8-4-5-9-21(10-14)19(24)16(22)18(17)27-12-13-6-2-1-3-7-13;1-3-22-17(20)13-11-25-16(18(21)23-4-2)15(14(13)19)24-10-12-8-6-5-7-9-12;1-11(2,3)15-10(14)13-7-5-4-6-9(12)8-13;8-6-2-1-5(4-10)7(9)3-6;1-2-3;;/h7-9,12-13,16,19H,3-6,10-11,14-15,17H2,1-2H3;3-5,8-9,13,16H,2,6-7,10-12,14H2,1H3;1-3,6-7,11,14H,4-5,8-10,12H2,(H,25,26);5-9,11H,3-4,10H2,1-2H3;9H,4-8,12H2,1-3H3;1-3H,4,10H2;3H,2H2,1H3;;1H2/q;;;;;;;+1;/p-1. The number of nitrogens with two attached hydrogens (primary N) is 2. The summed E-state index contributed by atoms with van der Waals surface area (Å²) in [6.07, 6.45) is 19.4. The van der Waals surface area contributed by atoms with Crippen LogP contribution in [0, 0.1) is 11.6 Å². The normalized spacial score (nSPS) is 15.5. The Morgan fingerprint density at radius 3 is 1.23 bits per heavy atom. The number of benzene rings is 5. The van der Waals surface area contributed by atoms with E-state index in [-0.39, 0.29) is 201 Å². The molecule has 6 aliphatic rings. The molecule has 1 saturated carbocycles. The molecule has 38 heteroatoms. The van der Waals surface area contributed by atoms with E-state index in [2.05, 4.69) is 0 Å². The fourth-order valence-electron chi connectivity index (χ4n) is 16.2. The number of aromatic carboxylic acids is 1. The van der Waals surface area contributed by atoms with Gasteiger partial charge in [-0.05, 0) is 155 Å². The quantitative estimate of drug-likeness (QED) is 0.0179. The maximum Gasteiger partial charge on any atom is 1.00 e. The second-order valence-corrected chi connectivity index (χ2v) is 34.4. The number of nitrogens with zero attached hydrogens (tertiary/aromatic N) is 6. The Balaban J connectivity index is 0.000000237. The Bertz CT molecular complexity index is 5950. The first-order valence-corrected chi connectivity index (χ1v) is 47.7. The molecule has 35 nitrogen and oxygen atoms in total. The van der Waals surface area contributed by atoms with Gasteiger partial charge in [0.25, 0.3) is 17.6 Å². The van der Waals surface area contributed by atoms with Gasteiger partial charge in [-0.2, -0.15) is 0 Å². The molecule has 9 heterocycles. The molecular formula is C105H129F2LiN8O27. The Morgan fingerprint density at radius 2 is 0.804 bits per heavy atom. The molecule has 0 spiro atoms. The van der Waals surface area contributed by atoms with Gasteiger partial charge in [-0.1, -0.05) is 159 Å². The molecule has 766 valence electrons. The summed E-state index contributed by atoms with van der Waals surface area (Å²) >= 11 is 0. The predicted octanol–water partition coefficient (Wildman–Crippen LogP) is 12.3. The first-order valence-electron chi connectivity index (χ1n) is 47.7. The molecule has 5 aliphatic heterocycles. The van der Waals surface area contributed by atoms with Gasteiger partial charge in [-0.25, -0.2) is 42.3 Å². The number of halogens is 2. The number of carbonyl (C=O) groups is 9. The molecule has 3 atom stereocenters. The van der Waals surface area contributed by atoms with Crippen molar-refractivity contribution < 1.29 is 138 Å². The van der Waals surface area contributed by atoms with Gasteiger partial charge in [0.1, 0.15) is 72.2 Å². The van der Waals surface area contributed by atoms with Gasteiger partial charge < -0.3 is 107 Å².